The summed E-state index contributed by atoms with van der Waals surface area (Å²) in [7, 11) is 0. The summed E-state index contributed by atoms with van der Waals surface area (Å²) in [6.45, 7) is 18.9. The van der Waals surface area contributed by atoms with E-state index in [9.17, 15) is 0 Å². The summed E-state index contributed by atoms with van der Waals surface area (Å²) in [5.41, 5.74) is 6.58. The van der Waals surface area contributed by atoms with Crippen LogP contribution in [0.5, 0.6) is 23.1 Å². The van der Waals surface area contributed by atoms with Gasteiger partial charge in [0.2, 0.25) is 5.88 Å². The van der Waals surface area contributed by atoms with E-state index >= 15 is 0 Å². The van der Waals surface area contributed by atoms with Gasteiger partial charge >= 0.3 is 21.1 Å². The summed E-state index contributed by atoms with van der Waals surface area (Å²) >= 11 is 0. The number of benzene rings is 4. The molecule has 0 radical (unpaired) electrons. The molecule has 0 bridgehead atoms. The Morgan fingerprint density at radius 2 is 1.52 bits per heavy atom. The van der Waals surface area contributed by atoms with E-state index in [1.54, 1.807) is 24.4 Å². The largest absolute Gasteiger partial charge is 2.00 e. The van der Waals surface area contributed by atoms with Crippen LogP contribution in [0.15, 0.2) is 85.1 Å². The summed E-state index contributed by atoms with van der Waals surface area (Å²) in [4.78, 5) is 8.09. The number of aromatic nitrogens is 4. The molecule has 46 heavy (non-hydrogen) atoms. The van der Waals surface area contributed by atoms with Gasteiger partial charge in [0.1, 0.15) is 0 Å². The van der Waals surface area contributed by atoms with Crippen LogP contribution >= 0.6 is 0 Å². The minimum Gasteiger partial charge on any atom is -0.503 e. The molecule has 0 unspecified atom stereocenters. The molecule has 0 aliphatic carbocycles. The van der Waals surface area contributed by atoms with Gasteiger partial charge in [-0.2, -0.15) is 11.2 Å². The van der Waals surface area contributed by atoms with Crippen molar-refractivity contribution in [2.75, 3.05) is 0 Å². The second-order valence-electron chi connectivity index (χ2n) is 12.1. The molecule has 0 saturated heterocycles. The van der Waals surface area contributed by atoms with Crippen molar-refractivity contribution >= 4 is 33.0 Å². The van der Waals surface area contributed by atoms with E-state index in [0.29, 0.717) is 39.8 Å². The van der Waals surface area contributed by atoms with Crippen LogP contribution in [0.2, 0.25) is 0 Å². The Balaban J connectivity index is 0.00000372. The second kappa shape index (κ2) is 12.0. The van der Waals surface area contributed by atoms with Gasteiger partial charge in [-0.15, -0.1) is 34.8 Å². The predicted molar refractivity (Wildman–Crippen MR) is 176 cm³/mol. The molecule has 0 fully saturated rings. The molecule has 4 aromatic carbocycles. The van der Waals surface area contributed by atoms with Crippen LogP contribution in [-0.2, 0) is 26.5 Å². The average Bonchev–Trinajstić information content (AvgIpc) is 3.46. The zero-order valence-electron chi connectivity index (χ0n) is 26.0. The van der Waals surface area contributed by atoms with Crippen molar-refractivity contribution in [2.24, 2.45) is 0 Å². The third kappa shape index (κ3) is 5.50. The number of rotatable bonds is 5. The van der Waals surface area contributed by atoms with Gasteiger partial charge in [0, 0.05) is 40.6 Å². The van der Waals surface area contributed by atoms with Crippen LogP contribution in [-0.4, -0.2) is 19.6 Å². The quantitative estimate of drug-likeness (QED) is 0.129. The molecule has 3 heterocycles. The van der Waals surface area contributed by atoms with E-state index in [1.807, 2.05) is 52.9 Å². The zero-order valence-corrected chi connectivity index (χ0v) is 28.2. The molecule has 7 aromatic rings. The van der Waals surface area contributed by atoms with Crippen molar-refractivity contribution in [1.29, 1.82) is 0 Å². The van der Waals surface area contributed by atoms with E-state index in [0.717, 1.165) is 38.8 Å². The Labute approximate surface area is 281 Å². The number of hydrogen-bond donors (Lipinski definition) is 0. The molecule has 0 aliphatic heterocycles. The van der Waals surface area contributed by atoms with Crippen molar-refractivity contribution in [3.05, 3.63) is 125 Å². The predicted octanol–water partition coefficient (Wildman–Crippen LogP) is 9.75. The van der Waals surface area contributed by atoms with Gasteiger partial charge in [-0.05, 0) is 53.5 Å². The molecule has 0 atom stereocenters. The Hall–Kier alpha value is -5.05. The number of pyridine rings is 2. The Morgan fingerprint density at radius 1 is 0.804 bits per heavy atom. The van der Waals surface area contributed by atoms with Gasteiger partial charge in [-0.3, -0.25) is 0 Å². The van der Waals surface area contributed by atoms with Gasteiger partial charge in [0.15, 0.2) is 11.5 Å². The van der Waals surface area contributed by atoms with Crippen molar-refractivity contribution in [1.82, 2.24) is 19.6 Å². The number of fused-ring (bicyclic) bond motifs is 6. The molecule has 0 saturated carbocycles. The van der Waals surface area contributed by atoms with Gasteiger partial charge < -0.3 is 13.9 Å². The average molecular weight is 783 g/mol. The molecule has 7 nitrogen and oxygen atoms in total. The van der Waals surface area contributed by atoms with Crippen LogP contribution in [0.3, 0.4) is 0 Å². The number of ether oxygens (including phenoxy) is 2. The topological polar surface area (TPSA) is 65.9 Å². The molecule has 228 valence electrons. The summed E-state index contributed by atoms with van der Waals surface area (Å²) in [5, 5.41) is 11.8. The minimum absolute atomic E-state index is 0. The molecule has 7 rings (SSSR count). The van der Waals surface area contributed by atoms with E-state index in [-0.39, 0.29) is 26.5 Å². The second-order valence-corrected chi connectivity index (χ2v) is 12.1. The first-order valence-corrected chi connectivity index (χ1v) is 14.7. The van der Waals surface area contributed by atoms with Gasteiger partial charge in [0.05, 0.1) is 12.2 Å². The summed E-state index contributed by atoms with van der Waals surface area (Å²) in [6, 6.07) is 31.5. The maximum absolute atomic E-state index is 7.96. The third-order valence-corrected chi connectivity index (χ3v) is 7.89. The van der Waals surface area contributed by atoms with E-state index in [2.05, 4.69) is 68.7 Å². The van der Waals surface area contributed by atoms with Gasteiger partial charge in [-0.25, -0.2) is 9.83 Å². The molecular weight excluding hydrogens is 754 g/mol. The fraction of sp³-hybridized carbons (Fsp3) is 0.158. The third-order valence-electron chi connectivity index (χ3n) is 7.89. The maximum Gasteiger partial charge on any atom is 2.00 e. The first-order valence-electron chi connectivity index (χ1n) is 14.7. The summed E-state index contributed by atoms with van der Waals surface area (Å²) in [5.74, 6) is 2.61. The molecule has 3 aromatic heterocycles. The molecule has 0 amide bonds. The summed E-state index contributed by atoms with van der Waals surface area (Å²) in [6.07, 6.45) is 1.67. The van der Waals surface area contributed by atoms with Crippen molar-refractivity contribution in [3.63, 3.8) is 0 Å². The molecular formula is C38H29N5O2Pt. The van der Waals surface area contributed by atoms with Gasteiger partial charge in [-0.1, -0.05) is 68.6 Å². The van der Waals surface area contributed by atoms with E-state index in [1.165, 1.54) is 5.56 Å². The first-order chi connectivity index (χ1) is 21.7. The van der Waals surface area contributed by atoms with Crippen LogP contribution < -0.4 is 9.47 Å². The number of aryl methyl sites for hydroxylation is 2. The monoisotopic (exact) mass is 782 g/mol. The Kier molecular flexibility index (Phi) is 8.10. The molecule has 8 heteroatoms. The van der Waals surface area contributed by atoms with Crippen LogP contribution in [0.1, 0.15) is 37.5 Å². The van der Waals surface area contributed by atoms with Crippen LogP contribution in [0.4, 0.5) is 5.69 Å². The minimum atomic E-state index is 0. The Bertz CT molecular complexity index is 2280. The van der Waals surface area contributed by atoms with Crippen molar-refractivity contribution in [2.45, 2.75) is 40.0 Å². The van der Waals surface area contributed by atoms with E-state index in [4.69, 9.17) is 26.2 Å². The fourth-order valence-electron chi connectivity index (χ4n) is 5.77. The molecule has 0 N–H and O–H groups in total. The first kappa shape index (κ1) is 31.0. The van der Waals surface area contributed by atoms with Crippen LogP contribution in [0, 0.1) is 32.6 Å². The zero-order chi connectivity index (χ0) is 31.3. The van der Waals surface area contributed by atoms with Crippen LogP contribution in [0.25, 0.3) is 43.6 Å². The van der Waals surface area contributed by atoms with Gasteiger partial charge in [0.25, 0.3) is 0 Å². The van der Waals surface area contributed by atoms with Crippen molar-refractivity contribution in [3.8, 4) is 34.5 Å². The standard InChI is InChI=1S/C38H29N5O2.Pt/c1-23-19-25(38(3,4)5)20-24(2)34(23)37-42-41-36-30-22-28(16-17-29(30)35-31(39-6)13-10-14-32(35)43(36)37)44-26-11-9-12-27(21-26)45-33-15-7-8-18-40-33;/h7-20H,1-5H3;/q-2;+2. The SMILES string of the molecule is [C-]#[N+]c1cccc2c1c1ccc(Oc3[c-]c(Oc4ccccn4)ccc3)[c-]c1c1nnc(-c3c(C)cc(C(C)(C)C)cc3C)n21.[Pt+2]. The van der Waals surface area contributed by atoms with Crippen molar-refractivity contribution < 1.29 is 30.5 Å². The number of nitrogens with zero attached hydrogens (tertiary/aromatic N) is 5. The number of hydrogen-bond acceptors (Lipinski definition) is 5. The fourth-order valence-corrected chi connectivity index (χ4v) is 5.77. The summed E-state index contributed by atoms with van der Waals surface area (Å²) < 4.78 is 14.1. The molecule has 0 spiro atoms. The van der Waals surface area contributed by atoms with E-state index < -0.39 is 0 Å². The molecule has 0 aliphatic rings. The smallest absolute Gasteiger partial charge is 0.503 e. The maximum atomic E-state index is 7.96. The Morgan fingerprint density at radius 3 is 2.22 bits per heavy atom. The normalized spacial score (nSPS) is 11.4.